The molecule has 0 fully saturated rings. The summed E-state index contributed by atoms with van der Waals surface area (Å²) in [7, 11) is 0. The highest BCUT2D eigenvalue weighted by Crippen LogP contribution is 2.20. The summed E-state index contributed by atoms with van der Waals surface area (Å²) in [6.45, 7) is 6.69. The highest BCUT2D eigenvalue weighted by atomic mass is 19.1. The van der Waals surface area contributed by atoms with E-state index in [9.17, 15) is 4.39 Å². The van der Waals surface area contributed by atoms with Crippen molar-refractivity contribution in [3.8, 4) is 5.75 Å². The normalized spacial score (nSPS) is 10.8. The molecule has 0 spiro atoms. The molecule has 2 rings (SSSR count). The average Bonchev–Trinajstić information content (AvgIpc) is 2.38. The van der Waals surface area contributed by atoms with E-state index in [2.05, 4.69) is 26.0 Å². The zero-order chi connectivity index (χ0) is 13.8. The number of ether oxygens (including phenoxy) is 1. The van der Waals surface area contributed by atoms with E-state index >= 15 is 0 Å². The lowest BCUT2D eigenvalue weighted by atomic mass is 10.0. The van der Waals surface area contributed by atoms with Crippen LogP contribution in [0.15, 0.2) is 42.5 Å². The second kappa shape index (κ2) is 5.87. The Kier molecular flexibility index (Phi) is 4.20. The van der Waals surface area contributed by atoms with Gasteiger partial charge in [-0.25, -0.2) is 4.39 Å². The molecule has 0 radical (unpaired) electrons. The van der Waals surface area contributed by atoms with Gasteiger partial charge in [0.15, 0.2) is 0 Å². The quantitative estimate of drug-likeness (QED) is 0.762. The molecule has 2 heteroatoms. The van der Waals surface area contributed by atoms with E-state index in [1.807, 2.05) is 19.1 Å². The van der Waals surface area contributed by atoms with Crippen molar-refractivity contribution in [1.82, 2.24) is 0 Å². The second-order valence-corrected chi connectivity index (χ2v) is 5.08. The number of hydrogen-bond donors (Lipinski definition) is 0. The fourth-order valence-electron chi connectivity index (χ4n) is 1.93. The first-order valence-electron chi connectivity index (χ1n) is 6.54. The van der Waals surface area contributed by atoms with E-state index in [1.165, 1.54) is 17.7 Å². The van der Waals surface area contributed by atoms with Gasteiger partial charge in [-0.1, -0.05) is 32.0 Å². The van der Waals surface area contributed by atoms with Crippen LogP contribution in [0.3, 0.4) is 0 Å². The van der Waals surface area contributed by atoms with Crippen LogP contribution in [0.2, 0.25) is 0 Å². The predicted molar refractivity (Wildman–Crippen MR) is 76.0 cm³/mol. The van der Waals surface area contributed by atoms with E-state index in [4.69, 9.17) is 4.74 Å². The van der Waals surface area contributed by atoms with Crippen LogP contribution in [0.4, 0.5) is 4.39 Å². The van der Waals surface area contributed by atoms with Crippen LogP contribution in [0.5, 0.6) is 5.75 Å². The predicted octanol–water partition coefficient (Wildman–Crippen LogP) is 4.84. The van der Waals surface area contributed by atoms with Crippen molar-refractivity contribution in [2.45, 2.75) is 33.3 Å². The van der Waals surface area contributed by atoms with Crippen molar-refractivity contribution >= 4 is 0 Å². The summed E-state index contributed by atoms with van der Waals surface area (Å²) in [6, 6.07) is 12.9. The molecular weight excluding hydrogens is 239 g/mol. The third-order valence-corrected chi connectivity index (χ3v) is 3.25. The molecule has 0 aliphatic heterocycles. The van der Waals surface area contributed by atoms with Crippen LogP contribution in [-0.4, -0.2) is 0 Å². The van der Waals surface area contributed by atoms with Crippen molar-refractivity contribution in [2.24, 2.45) is 0 Å². The topological polar surface area (TPSA) is 9.23 Å². The van der Waals surface area contributed by atoms with Crippen LogP contribution in [0, 0.1) is 12.7 Å². The molecule has 0 saturated carbocycles. The minimum absolute atomic E-state index is 0.206. The zero-order valence-electron chi connectivity index (χ0n) is 11.6. The van der Waals surface area contributed by atoms with E-state index in [-0.39, 0.29) is 5.82 Å². The Morgan fingerprint density at radius 2 is 1.74 bits per heavy atom. The van der Waals surface area contributed by atoms with E-state index in [1.54, 1.807) is 6.07 Å². The third kappa shape index (κ3) is 3.57. The lowest BCUT2D eigenvalue weighted by Gasteiger charge is -2.10. The molecule has 0 aromatic heterocycles. The number of halogens is 1. The maximum absolute atomic E-state index is 13.0. The lowest BCUT2D eigenvalue weighted by Crippen LogP contribution is -1.98. The number of benzene rings is 2. The molecule has 0 atom stereocenters. The Morgan fingerprint density at radius 1 is 1.05 bits per heavy atom. The van der Waals surface area contributed by atoms with Gasteiger partial charge < -0.3 is 4.74 Å². The van der Waals surface area contributed by atoms with Crippen molar-refractivity contribution < 1.29 is 9.13 Å². The molecule has 0 amide bonds. The van der Waals surface area contributed by atoms with Crippen molar-refractivity contribution in [2.75, 3.05) is 0 Å². The van der Waals surface area contributed by atoms with E-state index < -0.39 is 0 Å². The highest BCUT2D eigenvalue weighted by Gasteiger charge is 2.03. The summed E-state index contributed by atoms with van der Waals surface area (Å²) in [5.41, 5.74) is 3.22. The maximum atomic E-state index is 13.0. The molecule has 2 aromatic rings. The summed E-state index contributed by atoms with van der Waals surface area (Å²) in [4.78, 5) is 0. The van der Waals surface area contributed by atoms with Crippen LogP contribution in [0.25, 0.3) is 0 Å². The Morgan fingerprint density at radius 3 is 2.32 bits per heavy atom. The van der Waals surface area contributed by atoms with Crippen LogP contribution in [0.1, 0.15) is 36.5 Å². The van der Waals surface area contributed by atoms with Gasteiger partial charge in [0.25, 0.3) is 0 Å². The first-order valence-corrected chi connectivity index (χ1v) is 6.54. The molecule has 0 heterocycles. The molecule has 1 nitrogen and oxygen atoms in total. The standard InChI is InChI=1S/C17H19FO/c1-12(2)14-5-8-17(9-6-14)19-11-15-4-7-16(18)10-13(15)3/h4-10,12H,11H2,1-3H3. The first-order chi connectivity index (χ1) is 9.06. The molecule has 0 aliphatic carbocycles. The Bertz CT molecular complexity index is 544. The Hall–Kier alpha value is -1.83. The SMILES string of the molecule is Cc1cc(F)ccc1COc1ccc(C(C)C)cc1. The van der Waals surface area contributed by atoms with Crippen molar-refractivity contribution in [3.05, 3.63) is 65.0 Å². The van der Waals surface area contributed by atoms with E-state index in [0.717, 1.165) is 16.9 Å². The van der Waals surface area contributed by atoms with Gasteiger partial charge in [0.2, 0.25) is 0 Å². The third-order valence-electron chi connectivity index (χ3n) is 3.25. The summed E-state index contributed by atoms with van der Waals surface area (Å²) >= 11 is 0. The van der Waals surface area contributed by atoms with Gasteiger partial charge in [0.1, 0.15) is 18.2 Å². The zero-order valence-corrected chi connectivity index (χ0v) is 11.6. The largest absolute Gasteiger partial charge is 0.489 e. The van der Waals surface area contributed by atoms with Gasteiger partial charge in [-0.2, -0.15) is 0 Å². The monoisotopic (exact) mass is 258 g/mol. The van der Waals surface area contributed by atoms with Crippen LogP contribution in [-0.2, 0) is 6.61 Å². The van der Waals surface area contributed by atoms with Crippen molar-refractivity contribution in [3.63, 3.8) is 0 Å². The number of hydrogen-bond acceptors (Lipinski definition) is 1. The van der Waals surface area contributed by atoms with Gasteiger partial charge in [-0.15, -0.1) is 0 Å². The van der Waals surface area contributed by atoms with Gasteiger partial charge in [0.05, 0.1) is 0 Å². The highest BCUT2D eigenvalue weighted by molar-refractivity contribution is 5.30. The average molecular weight is 258 g/mol. The van der Waals surface area contributed by atoms with Crippen LogP contribution < -0.4 is 4.74 Å². The Labute approximate surface area is 114 Å². The summed E-state index contributed by atoms with van der Waals surface area (Å²) < 4.78 is 18.7. The number of rotatable bonds is 4. The molecule has 0 N–H and O–H groups in total. The first kappa shape index (κ1) is 13.6. The van der Waals surface area contributed by atoms with E-state index in [0.29, 0.717) is 12.5 Å². The van der Waals surface area contributed by atoms with Gasteiger partial charge in [0, 0.05) is 0 Å². The molecule has 19 heavy (non-hydrogen) atoms. The molecule has 2 aromatic carbocycles. The van der Waals surface area contributed by atoms with Crippen LogP contribution >= 0.6 is 0 Å². The lowest BCUT2D eigenvalue weighted by molar-refractivity contribution is 0.305. The smallest absolute Gasteiger partial charge is 0.123 e. The maximum Gasteiger partial charge on any atom is 0.123 e. The number of aryl methyl sites for hydroxylation is 1. The molecule has 0 aliphatic rings. The fourth-order valence-corrected chi connectivity index (χ4v) is 1.93. The minimum atomic E-state index is -0.206. The molecular formula is C17H19FO. The molecule has 0 saturated heterocycles. The second-order valence-electron chi connectivity index (χ2n) is 5.08. The summed E-state index contributed by atoms with van der Waals surface area (Å²) in [5, 5.41) is 0. The molecule has 0 bridgehead atoms. The van der Waals surface area contributed by atoms with Crippen molar-refractivity contribution in [1.29, 1.82) is 0 Å². The minimum Gasteiger partial charge on any atom is -0.489 e. The summed E-state index contributed by atoms with van der Waals surface area (Å²) in [5.74, 6) is 1.16. The fraction of sp³-hybridized carbons (Fsp3) is 0.294. The van der Waals surface area contributed by atoms with Gasteiger partial charge in [-0.3, -0.25) is 0 Å². The summed E-state index contributed by atoms with van der Waals surface area (Å²) in [6.07, 6.45) is 0. The molecule has 0 unspecified atom stereocenters. The molecule has 100 valence electrons. The Balaban J connectivity index is 2.02. The van der Waals surface area contributed by atoms with Gasteiger partial charge >= 0.3 is 0 Å². The van der Waals surface area contributed by atoms with Gasteiger partial charge in [-0.05, 0) is 53.8 Å².